The van der Waals surface area contributed by atoms with Crippen molar-refractivity contribution < 1.29 is 13.9 Å². The number of benzene rings is 1. The lowest BCUT2D eigenvalue weighted by Gasteiger charge is -2.19. The summed E-state index contributed by atoms with van der Waals surface area (Å²) in [5, 5.41) is 2.84. The van der Waals surface area contributed by atoms with E-state index in [1.807, 2.05) is 6.92 Å². The van der Waals surface area contributed by atoms with Gasteiger partial charge in [0.05, 0.1) is 17.9 Å². The summed E-state index contributed by atoms with van der Waals surface area (Å²) < 4.78 is 18.5. The quantitative estimate of drug-likeness (QED) is 0.802. The zero-order valence-electron chi connectivity index (χ0n) is 10.3. The molecule has 0 radical (unpaired) electrons. The molecular weight excluding hydrogens is 235 g/mol. The van der Waals surface area contributed by atoms with Crippen molar-refractivity contribution in [2.45, 2.75) is 19.4 Å². The van der Waals surface area contributed by atoms with Crippen molar-refractivity contribution in [3.8, 4) is 0 Å². The smallest absolute Gasteiger partial charge is 0.253 e. The SMILES string of the molecule is CC(NC(=O)c1cccc(F)c1N)C1CCOC1. The topological polar surface area (TPSA) is 64.4 Å². The molecule has 98 valence electrons. The van der Waals surface area contributed by atoms with E-state index in [-0.39, 0.29) is 23.2 Å². The van der Waals surface area contributed by atoms with Gasteiger partial charge in [0, 0.05) is 18.6 Å². The Kier molecular flexibility index (Phi) is 3.81. The first-order chi connectivity index (χ1) is 8.59. The van der Waals surface area contributed by atoms with E-state index in [2.05, 4.69) is 5.32 Å². The molecule has 1 aromatic carbocycles. The molecular formula is C13H17FN2O2. The van der Waals surface area contributed by atoms with Crippen molar-refractivity contribution in [3.05, 3.63) is 29.6 Å². The summed E-state index contributed by atoms with van der Waals surface area (Å²) >= 11 is 0. The van der Waals surface area contributed by atoms with E-state index in [1.54, 1.807) is 0 Å². The zero-order valence-corrected chi connectivity index (χ0v) is 10.3. The number of hydrogen-bond acceptors (Lipinski definition) is 3. The number of carbonyl (C=O) groups is 1. The maximum absolute atomic E-state index is 13.3. The van der Waals surface area contributed by atoms with Crippen LogP contribution in [0.2, 0.25) is 0 Å². The van der Waals surface area contributed by atoms with Gasteiger partial charge >= 0.3 is 0 Å². The number of amides is 1. The van der Waals surface area contributed by atoms with Gasteiger partial charge in [-0.15, -0.1) is 0 Å². The second kappa shape index (κ2) is 5.35. The Morgan fingerprint density at radius 1 is 1.61 bits per heavy atom. The average Bonchev–Trinajstić information content (AvgIpc) is 2.86. The van der Waals surface area contributed by atoms with Crippen LogP contribution in [0.4, 0.5) is 10.1 Å². The molecule has 1 saturated heterocycles. The van der Waals surface area contributed by atoms with Crippen molar-refractivity contribution in [1.29, 1.82) is 0 Å². The predicted octanol–water partition coefficient (Wildman–Crippen LogP) is 1.56. The highest BCUT2D eigenvalue weighted by Crippen LogP contribution is 2.19. The summed E-state index contributed by atoms with van der Waals surface area (Å²) in [6.07, 6.45) is 0.931. The molecule has 0 aliphatic carbocycles. The van der Waals surface area contributed by atoms with Crippen molar-refractivity contribution in [1.82, 2.24) is 5.32 Å². The first-order valence-corrected chi connectivity index (χ1v) is 6.02. The highest BCUT2D eigenvalue weighted by molar-refractivity contribution is 5.99. The Balaban J connectivity index is 2.05. The molecule has 2 rings (SSSR count). The lowest BCUT2D eigenvalue weighted by Crippen LogP contribution is -2.38. The third-order valence-electron chi connectivity index (χ3n) is 3.33. The van der Waals surface area contributed by atoms with Gasteiger partial charge in [0.15, 0.2) is 0 Å². The first kappa shape index (κ1) is 12.8. The van der Waals surface area contributed by atoms with Gasteiger partial charge in [-0.25, -0.2) is 4.39 Å². The number of halogens is 1. The van der Waals surface area contributed by atoms with Crippen LogP contribution >= 0.6 is 0 Å². The minimum absolute atomic E-state index is 0.0114. The van der Waals surface area contributed by atoms with Gasteiger partial charge in [0.1, 0.15) is 5.82 Å². The Morgan fingerprint density at radius 3 is 3.06 bits per heavy atom. The molecule has 1 aromatic rings. The van der Waals surface area contributed by atoms with Gasteiger partial charge in [-0.05, 0) is 25.5 Å². The van der Waals surface area contributed by atoms with Gasteiger partial charge in [0.2, 0.25) is 0 Å². The van der Waals surface area contributed by atoms with Crippen molar-refractivity contribution in [2.75, 3.05) is 18.9 Å². The second-order valence-electron chi connectivity index (χ2n) is 4.59. The lowest BCUT2D eigenvalue weighted by atomic mass is 10.0. The van der Waals surface area contributed by atoms with Crippen LogP contribution in [0.3, 0.4) is 0 Å². The Morgan fingerprint density at radius 2 is 2.39 bits per heavy atom. The minimum Gasteiger partial charge on any atom is -0.396 e. The van der Waals surface area contributed by atoms with E-state index in [9.17, 15) is 9.18 Å². The Hall–Kier alpha value is -1.62. The number of nitrogen functional groups attached to an aromatic ring is 1. The molecule has 0 bridgehead atoms. The third kappa shape index (κ3) is 2.61. The number of nitrogens with two attached hydrogens (primary N) is 1. The summed E-state index contributed by atoms with van der Waals surface area (Å²) in [7, 11) is 0. The molecule has 1 amide bonds. The van der Waals surface area contributed by atoms with Crippen LogP contribution in [0, 0.1) is 11.7 Å². The standard InChI is InChI=1S/C13H17FN2O2/c1-8(9-5-6-18-7-9)16-13(17)10-3-2-4-11(14)12(10)15/h2-4,8-9H,5-7,15H2,1H3,(H,16,17). The monoisotopic (exact) mass is 252 g/mol. The Bertz CT molecular complexity index is 445. The summed E-state index contributed by atoms with van der Waals surface area (Å²) in [5.41, 5.74) is 5.63. The molecule has 0 aromatic heterocycles. The summed E-state index contributed by atoms with van der Waals surface area (Å²) in [5.74, 6) is -0.602. The van der Waals surface area contributed by atoms with Crippen molar-refractivity contribution >= 4 is 11.6 Å². The van der Waals surface area contributed by atoms with E-state index >= 15 is 0 Å². The zero-order chi connectivity index (χ0) is 13.1. The average molecular weight is 252 g/mol. The van der Waals surface area contributed by atoms with Crippen LogP contribution in [0.1, 0.15) is 23.7 Å². The summed E-state index contributed by atoms with van der Waals surface area (Å²) in [6, 6.07) is 4.22. The molecule has 1 aliphatic heterocycles. The molecule has 0 saturated carbocycles. The minimum atomic E-state index is -0.570. The molecule has 1 heterocycles. The maximum Gasteiger partial charge on any atom is 0.253 e. The van der Waals surface area contributed by atoms with Crippen LogP contribution < -0.4 is 11.1 Å². The van der Waals surface area contributed by atoms with Crippen LogP contribution in [0.25, 0.3) is 0 Å². The summed E-state index contributed by atoms with van der Waals surface area (Å²) in [6.45, 7) is 3.31. The van der Waals surface area contributed by atoms with Crippen LogP contribution in [-0.2, 0) is 4.74 Å². The molecule has 1 fully saturated rings. The molecule has 0 spiro atoms. The predicted molar refractivity (Wildman–Crippen MR) is 66.7 cm³/mol. The molecule has 18 heavy (non-hydrogen) atoms. The number of anilines is 1. The number of para-hydroxylation sites is 1. The van der Waals surface area contributed by atoms with Crippen molar-refractivity contribution in [2.24, 2.45) is 5.92 Å². The number of ether oxygens (including phenoxy) is 1. The van der Waals surface area contributed by atoms with Crippen LogP contribution in [0.15, 0.2) is 18.2 Å². The highest BCUT2D eigenvalue weighted by Gasteiger charge is 2.24. The van der Waals surface area contributed by atoms with E-state index in [4.69, 9.17) is 10.5 Å². The first-order valence-electron chi connectivity index (χ1n) is 6.02. The molecule has 3 N–H and O–H groups in total. The third-order valence-corrected chi connectivity index (χ3v) is 3.33. The van der Waals surface area contributed by atoms with E-state index < -0.39 is 5.82 Å². The number of nitrogens with one attached hydrogen (secondary N) is 1. The molecule has 2 atom stereocenters. The largest absolute Gasteiger partial charge is 0.396 e. The van der Waals surface area contributed by atoms with E-state index in [0.29, 0.717) is 12.5 Å². The second-order valence-corrected chi connectivity index (χ2v) is 4.59. The highest BCUT2D eigenvalue weighted by atomic mass is 19.1. The van der Waals surface area contributed by atoms with E-state index in [0.717, 1.165) is 13.0 Å². The van der Waals surface area contributed by atoms with Crippen LogP contribution in [0.5, 0.6) is 0 Å². The number of carbonyl (C=O) groups excluding carboxylic acids is 1. The molecule has 1 aliphatic rings. The number of rotatable bonds is 3. The molecule has 5 heteroatoms. The van der Waals surface area contributed by atoms with Gasteiger partial charge in [-0.2, -0.15) is 0 Å². The van der Waals surface area contributed by atoms with Crippen molar-refractivity contribution in [3.63, 3.8) is 0 Å². The normalized spacial score (nSPS) is 20.7. The van der Waals surface area contributed by atoms with Gasteiger partial charge < -0.3 is 15.8 Å². The van der Waals surface area contributed by atoms with E-state index in [1.165, 1.54) is 18.2 Å². The fourth-order valence-corrected chi connectivity index (χ4v) is 2.08. The lowest BCUT2D eigenvalue weighted by molar-refractivity contribution is 0.0922. The maximum atomic E-state index is 13.3. The van der Waals surface area contributed by atoms with Gasteiger partial charge in [-0.1, -0.05) is 6.07 Å². The fourth-order valence-electron chi connectivity index (χ4n) is 2.08. The fraction of sp³-hybridized carbons (Fsp3) is 0.462. The molecule has 2 unspecified atom stereocenters. The number of hydrogen-bond donors (Lipinski definition) is 2. The van der Waals surface area contributed by atoms with Crippen LogP contribution in [-0.4, -0.2) is 25.2 Å². The molecule has 4 nitrogen and oxygen atoms in total. The van der Waals surface area contributed by atoms with Gasteiger partial charge in [-0.3, -0.25) is 4.79 Å². The summed E-state index contributed by atoms with van der Waals surface area (Å²) in [4.78, 5) is 12.0. The Labute approximate surface area is 105 Å². The van der Waals surface area contributed by atoms with Gasteiger partial charge in [0.25, 0.3) is 5.91 Å².